The van der Waals surface area contributed by atoms with Crippen molar-refractivity contribution in [2.24, 2.45) is 13.0 Å². The highest BCUT2D eigenvalue weighted by atomic mass is 35.5. The molecule has 1 aromatic carbocycles. The molecule has 1 fully saturated rings. The van der Waals surface area contributed by atoms with Gasteiger partial charge in [-0.15, -0.1) is 11.3 Å². The second-order valence-corrected chi connectivity index (χ2v) is 11.6. The first-order valence-electron chi connectivity index (χ1n) is 10.1. The summed E-state index contributed by atoms with van der Waals surface area (Å²) in [6, 6.07) is 12.2. The van der Waals surface area contributed by atoms with Gasteiger partial charge < -0.3 is 5.32 Å². The number of thiophene rings is 1. The van der Waals surface area contributed by atoms with Crippen LogP contribution in [0.2, 0.25) is 4.34 Å². The molecule has 0 bridgehead atoms. The number of benzene rings is 1. The lowest BCUT2D eigenvalue weighted by atomic mass is 9.99. The maximum absolute atomic E-state index is 13.1. The average molecular weight is 495 g/mol. The van der Waals surface area contributed by atoms with E-state index in [0.717, 1.165) is 11.3 Å². The number of piperidine rings is 1. The molecule has 4 rings (SSSR count). The van der Waals surface area contributed by atoms with E-state index in [9.17, 15) is 18.0 Å². The van der Waals surface area contributed by atoms with E-state index in [4.69, 9.17) is 11.6 Å². The summed E-state index contributed by atoms with van der Waals surface area (Å²) in [6.07, 6.45) is 1.10. The van der Waals surface area contributed by atoms with Crippen LogP contribution in [0.3, 0.4) is 0 Å². The van der Waals surface area contributed by atoms with Crippen LogP contribution in [-0.4, -0.2) is 41.1 Å². The molecule has 1 aliphatic heterocycles. The van der Waals surface area contributed by atoms with Crippen molar-refractivity contribution >= 4 is 44.6 Å². The normalized spacial score (nSPS) is 17.4. The van der Waals surface area contributed by atoms with Crippen molar-refractivity contribution in [3.8, 4) is 5.69 Å². The fraction of sp³-hybridized carbons (Fsp3) is 0.333. The first kappa shape index (κ1) is 22.8. The molecule has 170 valence electrons. The van der Waals surface area contributed by atoms with E-state index in [2.05, 4.69) is 5.32 Å². The van der Waals surface area contributed by atoms with E-state index >= 15 is 0 Å². The van der Waals surface area contributed by atoms with E-state index in [1.807, 2.05) is 30.3 Å². The number of nitrogens with zero attached hydrogens (tertiary/aromatic N) is 3. The number of halogens is 1. The van der Waals surface area contributed by atoms with Gasteiger partial charge in [-0.3, -0.25) is 14.3 Å². The maximum Gasteiger partial charge on any atom is 0.295 e. The van der Waals surface area contributed by atoms with Crippen LogP contribution in [0.4, 0.5) is 5.69 Å². The van der Waals surface area contributed by atoms with Crippen molar-refractivity contribution in [1.82, 2.24) is 13.7 Å². The molecule has 3 heterocycles. The molecule has 32 heavy (non-hydrogen) atoms. The summed E-state index contributed by atoms with van der Waals surface area (Å²) < 4.78 is 30.9. The summed E-state index contributed by atoms with van der Waals surface area (Å²) in [7, 11) is -1.97. The molecule has 1 unspecified atom stereocenters. The third-order valence-electron chi connectivity index (χ3n) is 5.70. The number of para-hydroxylation sites is 1. The fourth-order valence-electron chi connectivity index (χ4n) is 3.88. The highest BCUT2D eigenvalue weighted by Crippen LogP contribution is 2.31. The first-order chi connectivity index (χ1) is 15.2. The summed E-state index contributed by atoms with van der Waals surface area (Å²) in [5.74, 6) is -0.918. The van der Waals surface area contributed by atoms with Crippen molar-refractivity contribution in [1.29, 1.82) is 0 Å². The molecule has 0 spiro atoms. The van der Waals surface area contributed by atoms with Crippen LogP contribution in [0.5, 0.6) is 0 Å². The first-order valence-corrected chi connectivity index (χ1v) is 12.7. The standard InChI is InChI=1S/C21H23ClN4O4S2/c1-14-19(21(28)26(24(14)2)16-8-4-3-5-9-16)23-20(27)15-7-6-12-25(13-15)32(29,30)18-11-10-17(22)31-18/h3-5,8-11,15H,6-7,12-13H2,1-2H3,(H,23,27). The Morgan fingerprint density at radius 3 is 2.56 bits per heavy atom. The number of carbonyl (C=O) groups is 1. The summed E-state index contributed by atoms with van der Waals surface area (Å²) in [6.45, 7) is 2.16. The molecule has 1 saturated heterocycles. The minimum absolute atomic E-state index is 0.0580. The lowest BCUT2D eigenvalue weighted by molar-refractivity contribution is -0.120. The van der Waals surface area contributed by atoms with Crippen molar-refractivity contribution in [2.75, 3.05) is 18.4 Å². The Kier molecular flexibility index (Phi) is 6.30. The van der Waals surface area contributed by atoms with E-state index in [0.29, 0.717) is 35.1 Å². The molecule has 1 atom stereocenters. The number of anilines is 1. The van der Waals surface area contributed by atoms with Gasteiger partial charge in [0.25, 0.3) is 15.6 Å². The molecule has 2 aromatic heterocycles. The van der Waals surface area contributed by atoms with E-state index < -0.39 is 15.9 Å². The number of amides is 1. The van der Waals surface area contributed by atoms with Crippen molar-refractivity contribution in [3.63, 3.8) is 0 Å². The molecule has 3 aromatic rings. The van der Waals surface area contributed by atoms with Gasteiger partial charge in [0.2, 0.25) is 5.91 Å². The summed E-state index contributed by atoms with van der Waals surface area (Å²) in [5.41, 5.74) is 1.17. The predicted octanol–water partition coefficient (Wildman–Crippen LogP) is 3.24. The molecular weight excluding hydrogens is 472 g/mol. The van der Waals surface area contributed by atoms with Gasteiger partial charge in [0, 0.05) is 20.1 Å². The Bertz CT molecular complexity index is 1310. The Labute approximate surface area is 195 Å². The molecule has 11 heteroatoms. The third-order valence-corrected chi connectivity index (χ3v) is 9.26. The topological polar surface area (TPSA) is 93.4 Å². The highest BCUT2D eigenvalue weighted by Gasteiger charge is 2.34. The van der Waals surface area contributed by atoms with Gasteiger partial charge in [0.05, 0.1) is 21.6 Å². The van der Waals surface area contributed by atoms with Crippen LogP contribution in [0, 0.1) is 12.8 Å². The molecule has 1 N–H and O–H groups in total. The molecular formula is C21H23ClN4O4S2. The molecule has 1 aliphatic rings. The lowest BCUT2D eigenvalue weighted by Gasteiger charge is -2.30. The smallest absolute Gasteiger partial charge is 0.295 e. The summed E-state index contributed by atoms with van der Waals surface area (Å²) in [4.78, 5) is 26.1. The molecule has 0 saturated carbocycles. The van der Waals surface area contributed by atoms with Crippen molar-refractivity contribution < 1.29 is 13.2 Å². The van der Waals surface area contributed by atoms with Gasteiger partial charge in [-0.05, 0) is 44.0 Å². The van der Waals surface area contributed by atoms with Crippen molar-refractivity contribution in [3.05, 3.63) is 62.8 Å². The van der Waals surface area contributed by atoms with Crippen LogP contribution < -0.4 is 10.9 Å². The maximum atomic E-state index is 13.1. The monoisotopic (exact) mass is 494 g/mol. The molecule has 0 aliphatic carbocycles. The zero-order valence-electron chi connectivity index (χ0n) is 17.6. The van der Waals surface area contributed by atoms with Crippen LogP contribution in [0.1, 0.15) is 18.5 Å². The van der Waals surface area contributed by atoms with E-state index in [-0.39, 0.29) is 27.9 Å². The average Bonchev–Trinajstić information content (AvgIpc) is 3.32. The number of hydrogen-bond donors (Lipinski definition) is 1. The molecule has 1 amide bonds. The minimum atomic E-state index is -3.72. The van der Waals surface area contributed by atoms with Crippen molar-refractivity contribution in [2.45, 2.75) is 24.0 Å². The Hall–Kier alpha value is -2.40. The highest BCUT2D eigenvalue weighted by molar-refractivity contribution is 7.91. The van der Waals surface area contributed by atoms with Gasteiger partial charge in [0.15, 0.2) is 0 Å². The van der Waals surface area contributed by atoms with Crippen LogP contribution in [-0.2, 0) is 21.9 Å². The summed E-state index contributed by atoms with van der Waals surface area (Å²) >= 11 is 6.90. The second kappa shape index (κ2) is 8.86. The van der Waals surface area contributed by atoms with Gasteiger partial charge >= 0.3 is 0 Å². The van der Waals surface area contributed by atoms with Crippen LogP contribution in [0.25, 0.3) is 5.69 Å². The van der Waals surface area contributed by atoms with E-state index in [1.165, 1.54) is 15.1 Å². The van der Waals surface area contributed by atoms with Crippen LogP contribution >= 0.6 is 22.9 Å². The quantitative estimate of drug-likeness (QED) is 0.589. The van der Waals surface area contributed by atoms with Gasteiger partial charge in [0.1, 0.15) is 9.90 Å². The molecule has 0 radical (unpaired) electrons. The second-order valence-electron chi connectivity index (χ2n) is 7.69. The number of nitrogens with one attached hydrogen (secondary N) is 1. The zero-order chi connectivity index (χ0) is 23.0. The van der Waals surface area contributed by atoms with E-state index in [1.54, 1.807) is 24.7 Å². The number of carbonyl (C=O) groups excluding carboxylic acids is 1. The number of rotatable bonds is 5. The SMILES string of the molecule is Cc1c(NC(=O)C2CCCN(S(=O)(=O)c3ccc(Cl)s3)C2)c(=O)n(-c2ccccc2)n1C. The summed E-state index contributed by atoms with van der Waals surface area (Å²) in [5, 5.41) is 2.76. The Balaban J connectivity index is 1.55. The number of sulfonamides is 1. The Morgan fingerprint density at radius 1 is 1.19 bits per heavy atom. The lowest BCUT2D eigenvalue weighted by Crippen LogP contribution is -2.43. The third kappa shape index (κ3) is 4.15. The Morgan fingerprint density at radius 2 is 1.91 bits per heavy atom. The predicted molar refractivity (Wildman–Crippen MR) is 125 cm³/mol. The largest absolute Gasteiger partial charge is 0.320 e. The number of aromatic nitrogens is 2. The van der Waals surface area contributed by atoms with Gasteiger partial charge in [-0.25, -0.2) is 13.1 Å². The minimum Gasteiger partial charge on any atom is -0.320 e. The van der Waals surface area contributed by atoms with Gasteiger partial charge in [-0.1, -0.05) is 29.8 Å². The number of hydrogen-bond acceptors (Lipinski definition) is 5. The van der Waals surface area contributed by atoms with Gasteiger partial charge in [-0.2, -0.15) is 4.31 Å². The molecule has 8 nitrogen and oxygen atoms in total. The fourth-order valence-corrected chi connectivity index (χ4v) is 7.04. The van der Waals surface area contributed by atoms with Crippen LogP contribution in [0.15, 0.2) is 51.5 Å². The zero-order valence-corrected chi connectivity index (χ0v) is 20.0.